The zero-order valence-electron chi connectivity index (χ0n) is 10.7. The zero-order valence-corrected chi connectivity index (χ0v) is 13.1. The minimum Gasteiger partial charge on any atom is -0.495 e. The first kappa shape index (κ1) is 14.7. The third-order valence-corrected chi connectivity index (χ3v) is 4.05. The number of methoxy groups -OCH3 is 1. The van der Waals surface area contributed by atoms with Crippen LogP contribution in [0.1, 0.15) is 11.6 Å². The highest BCUT2D eigenvalue weighted by Crippen LogP contribution is 2.30. The Morgan fingerprint density at radius 1 is 1.30 bits per heavy atom. The van der Waals surface area contributed by atoms with Crippen molar-refractivity contribution in [3.63, 3.8) is 0 Å². The molecule has 2 rings (SSSR count). The maximum atomic E-state index is 9.36. The largest absolute Gasteiger partial charge is 0.495 e. The fourth-order valence-corrected chi connectivity index (χ4v) is 2.24. The summed E-state index contributed by atoms with van der Waals surface area (Å²) in [6.07, 6.45) is 0. The van der Waals surface area contributed by atoms with E-state index >= 15 is 0 Å². The highest BCUT2D eigenvalue weighted by atomic mass is 79.9. The number of rotatable bonds is 4. The van der Waals surface area contributed by atoms with Crippen molar-refractivity contribution in [2.24, 2.45) is 0 Å². The van der Waals surface area contributed by atoms with Gasteiger partial charge >= 0.3 is 0 Å². The number of halogens is 2. The SMILES string of the molecule is COc1ccccc1NC(C#N)c1ccc(Br)c(Cl)c1. The van der Waals surface area contributed by atoms with Crippen molar-refractivity contribution < 1.29 is 4.74 Å². The van der Waals surface area contributed by atoms with E-state index in [1.54, 1.807) is 13.2 Å². The molecule has 0 aromatic heterocycles. The Morgan fingerprint density at radius 2 is 2.05 bits per heavy atom. The first-order valence-electron chi connectivity index (χ1n) is 5.90. The topological polar surface area (TPSA) is 45.0 Å². The molecule has 1 atom stereocenters. The number of benzene rings is 2. The van der Waals surface area contributed by atoms with Crippen LogP contribution in [0, 0.1) is 11.3 Å². The van der Waals surface area contributed by atoms with E-state index in [0.29, 0.717) is 10.8 Å². The van der Waals surface area contributed by atoms with Crippen LogP contribution in [0.4, 0.5) is 5.69 Å². The van der Waals surface area contributed by atoms with Gasteiger partial charge in [-0.2, -0.15) is 5.26 Å². The molecule has 0 aliphatic rings. The van der Waals surface area contributed by atoms with Gasteiger partial charge in [-0.1, -0.05) is 29.8 Å². The molecule has 0 bridgehead atoms. The Morgan fingerprint density at radius 3 is 2.70 bits per heavy atom. The Kier molecular flexibility index (Phi) is 4.89. The predicted molar refractivity (Wildman–Crippen MR) is 84.1 cm³/mol. The van der Waals surface area contributed by atoms with Gasteiger partial charge in [0.25, 0.3) is 0 Å². The maximum Gasteiger partial charge on any atom is 0.141 e. The Labute approximate surface area is 131 Å². The molecule has 0 amide bonds. The van der Waals surface area contributed by atoms with E-state index in [4.69, 9.17) is 16.3 Å². The third kappa shape index (κ3) is 3.24. The van der Waals surface area contributed by atoms with Crippen LogP contribution in [0.2, 0.25) is 5.02 Å². The van der Waals surface area contributed by atoms with Crippen LogP contribution < -0.4 is 10.1 Å². The first-order chi connectivity index (χ1) is 9.65. The van der Waals surface area contributed by atoms with Gasteiger partial charge < -0.3 is 10.1 Å². The molecule has 0 aliphatic carbocycles. The second-order valence-corrected chi connectivity index (χ2v) is 5.34. The van der Waals surface area contributed by atoms with Crippen molar-refractivity contribution in [3.05, 3.63) is 57.5 Å². The van der Waals surface area contributed by atoms with Gasteiger partial charge in [0, 0.05) is 4.47 Å². The lowest BCUT2D eigenvalue weighted by Gasteiger charge is -2.16. The van der Waals surface area contributed by atoms with Crippen molar-refractivity contribution in [3.8, 4) is 11.8 Å². The molecule has 0 fully saturated rings. The van der Waals surface area contributed by atoms with Gasteiger partial charge in [0.15, 0.2) is 0 Å². The average Bonchev–Trinajstić information content (AvgIpc) is 2.48. The normalized spacial score (nSPS) is 11.5. The minimum absolute atomic E-state index is 0.503. The smallest absolute Gasteiger partial charge is 0.141 e. The monoisotopic (exact) mass is 350 g/mol. The summed E-state index contributed by atoms with van der Waals surface area (Å²) in [6, 6.07) is 14.6. The number of nitrogens with zero attached hydrogens (tertiary/aromatic N) is 1. The van der Waals surface area contributed by atoms with Gasteiger partial charge in [-0.25, -0.2) is 0 Å². The lowest BCUT2D eigenvalue weighted by molar-refractivity contribution is 0.416. The summed E-state index contributed by atoms with van der Waals surface area (Å²) >= 11 is 9.40. The van der Waals surface area contributed by atoms with Gasteiger partial charge in [-0.15, -0.1) is 0 Å². The maximum absolute atomic E-state index is 9.36. The van der Waals surface area contributed by atoms with Gasteiger partial charge in [0.1, 0.15) is 11.8 Å². The lowest BCUT2D eigenvalue weighted by atomic mass is 10.1. The van der Waals surface area contributed by atoms with Crippen molar-refractivity contribution in [1.29, 1.82) is 5.26 Å². The number of nitriles is 1. The molecular formula is C15H12BrClN2O. The quantitative estimate of drug-likeness (QED) is 0.861. The molecule has 2 aromatic rings. The molecule has 1 N–H and O–H groups in total. The van der Waals surface area contributed by atoms with Crippen molar-refractivity contribution in [1.82, 2.24) is 0 Å². The molecule has 5 heteroatoms. The summed E-state index contributed by atoms with van der Waals surface area (Å²) in [7, 11) is 1.60. The summed E-state index contributed by atoms with van der Waals surface area (Å²) in [5.41, 5.74) is 1.56. The molecule has 20 heavy (non-hydrogen) atoms. The van der Waals surface area contributed by atoms with Crippen LogP contribution >= 0.6 is 27.5 Å². The van der Waals surface area contributed by atoms with E-state index in [1.165, 1.54) is 0 Å². The van der Waals surface area contributed by atoms with E-state index in [-0.39, 0.29) is 0 Å². The Balaban J connectivity index is 2.29. The number of anilines is 1. The molecule has 2 aromatic carbocycles. The molecule has 3 nitrogen and oxygen atoms in total. The summed E-state index contributed by atoms with van der Waals surface area (Å²) in [6.45, 7) is 0. The van der Waals surface area contributed by atoms with Gasteiger partial charge in [0.05, 0.1) is 23.9 Å². The van der Waals surface area contributed by atoms with Crippen LogP contribution in [0.3, 0.4) is 0 Å². The summed E-state index contributed by atoms with van der Waals surface area (Å²) in [5, 5.41) is 13.1. The highest BCUT2D eigenvalue weighted by Gasteiger charge is 2.13. The van der Waals surface area contributed by atoms with Crippen molar-refractivity contribution in [2.75, 3.05) is 12.4 Å². The van der Waals surface area contributed by atoms with E-state index in [2.05, 4.69) is 27.3 Å². The van der Waals surface area contributed by atoms with E-state index in [0.717, 1.165) is 15.7 Å². The fourth-order valence-electron chi connectivity index (χ4n) is 1.80. The Bertz CT molecular complexity index is 655. The molecule has 0 saturated carbocycles. The van der Waals surface area contributed by atoms with Gasteiger partial charge in [-0.3, -0.25) is 0 Å². The van der Waals surface area contributed by atoms with Crippen LogP contribution in [0.25, 0.3) is 0 Å². The average molecular weight is 352 g/mol. The summed E-state index contributed by atoms with van der Waals surface area (Å²) in [4.78, 5) is 0. The summed E-state index contributed by atoms with van der Waals surface area (Å²) in [5.74, 6) is 0.691. The van der Waals surface area contributed by atoms with Gasteiger partial charge in [-0.05, 0) is 45.8 Å². The van der Waals surface area contributed by atoms with Crippen molar-refractivity contribution >= 4 is 33.2 Å². The number of hydrogen-bond donors (Lipinski definition) is 1. The third-order valence-electron chi connectivity index (χ3n) is 2.81. The molecule has 102 valence electrons. The predicted octanol–water partition coefficient (Wildman–Crippen LogP) is 4.79. The minimum atomic E-state index is -0.503. The van der Waals surface area contributed by atoms with Crippen LogP contribution in [0.15, 0.2) is 46.9 Å². The number of hydrogen-bond acceptors (Lipinski definition) is 3. The summed E-state index contributed by atoms with van der Waals surface area (Å²) < 4.78 is 6.07. The van der Waals surface area contributed by atoms with Crippen LogP contribution in [-0.2, 0) is 0 Å². The van der Waals surface area contributed by atoms with E-state index < -0.39 is 6.04 Å². The zero-order chi connectivity index (χ0) is 14.5. The van der Waals surface area contributed by atoms with Crippen molar-refractivity contribution in [2.45, 2.75) is 6.04 Å². The fraction of sp³-hybridized carbons (Fsp3) is 0.133. The molecular weight excluding hydrogens is 340 g/mol. The van der Waals surface area contributed by atoms with E-state index in [9.17, 15) is 5.26 Å². The molecule has 0 saturated heterocycles. The molecule has 1 unspecified atom stereocenters. The van der Waals surface area contributed by atoms with Crippen LogP contribution in [-0.4, -0.2) is 7.11 Å². The molecule has 0 aliphatic heterocycles. The first-order valence-corrected chi connectivity index (χ1v) is 7.07. The second-order valence-electron chi connectivity index (χ2n) is 4.08. The number of ether oxygens (including phenoxy) is 1. The van der Waals surface area contributed by atoms with E-state index in [1.807, 2.05) is 36.4 Å². The molecule has 0 spiro atoms. The second kappa shape index (κ2) is 6.65. The Hall–Kier alpha value is -1.70. The number of nitrogens with one attached hydrogen (secondary N) is 1. The number of para-hydroxylation sites is 2. The molecule has 0 heterocycles. The highest BCUT2D eigenvalue weighted by molar-refractivity contribution is 9.10. The van der Waals surface area contributed by atoms with Crippen LogP contribution in [0.5, 0.6) is 5.75 Å². The van der Waals surface area contributed by atoms with Gasteiger partial charge in [0.2, 0.25) is 0 Å². The lowest BCUT2D eigenvalue weighted by Crippen LogP contribution is -2.09. The molecule has 0 radical (unpaired) electrons. The standard InChI is InChI=1S/C15H12BrClN2O/c1-20-15-5-3-2-4-13(15)19-14(9-18)10-6-7-11(16)12(17)8-10/h2-8,14,19H,1H3.